The molecule has 0 saturated heterocycles. The van der Waals surface area contributed by atoms with Gasteiger partial charge in [-0.2, -0.15) is 0 Å². The minimum absolute atomic E-state index is 0.350. The Labute approximate surface area is 120 Å². The van der Waals surface area contributed by atoms with Crippen LogP contribution in [0.3, 0.4) is 0 Å². The Kier molecular flexibility index (Phi) is 3.57. The molecule has 2 heteroatoms. The molecular weight excluding hydrogens is 244 g/mol. The average Bonchev–Trinajstić information content (AvgIpc) is 2.91. The molecule has 0 aliphatic heterocycles. The van der Waals surface area contributed by atoms with E-state index in [1.807, 2.05) is 7.05 Å². The third-order valence-electron chi connectivity index (χ3n) is 3.91. The summed E-state index contributed by atoms with van der Waals surface area (Å²) in [4.78, 5) is 0. The summed E-state index contributed by atoms with van der Waals surface area (Å²) in [7, 11) is 2.01. The number of para-hydroxylation sites is 1. The highest BCUT2D eigenvalue weighted by Gasteiger charge is 2.11. The first-order valence-corrected chi connectivity index (χ1v) is 7.08. The van der Waals surface area contributed by atoms with Gasteiger partial charge in [0.15, 0.2) is 0 Å². The number of aromatic nitrogens is 1. The van der Waals surface area contributed by atoms with Gasteiger partial charge in [-0.05, 0) is 36.6 Å². The molecule has 0 amide bonds. The third kappa shape index (κ3) is 2.35. The van der Waals surface area contributed by atoms with E-state index in [-0.39, 0.29) is 0 Å². The van der Waals surface area contributed by atoms with Gasteiger partial charge in [0, 0.05) is 18.8 Å². The minimum Gasteiger partial charge on any atom is -0.343 e. The summed E-state index contributed by atoms with van der Waals surface area (Å²) in [5.74, 6) is 0. The summed E-state index contributed by atoms with van der Waals surface area (Å²) >= 11 is 0. The van der Waals surface area contributed by atoms with Gasteiger partial charge in [0.2, 0.25) is 0 Å². The molecule has 0 saturated carbocycles. The van der Waals surface area contributed by atoms with E-state index in [2.05, 4.69) is 77.6 Å². The Balaban J connectivity index is 2.07. The topological polar surface area (TPSA) is 17.0 Å². The Morgan fingerprint density at radius 2 is 1.80 bits per heavy atom. The molecule has 0 aliphatic rings. The fraction of sp³-hybridized carbons (Fsp3) is 0.222. The van der Waals surface area contributed by atoms with Gasteiger partial charge < -0.3 is 9.88 Å². The summed E-state index contributed by atoms with van der Waals surface area (Å²) < 4.78 is 2.34. The second kappa shape index (κ2) is 5.51. The third-order valence-corrected chi connectivity index (χ3v) is 3.91. The zero-order valence-electron chi connectivity index (χ0n) is 12.0. The van der Waals surface area contributed by atoms with Crippen molar-refractivity contribution in [3.05, 3.63) is 71.9 Å². The van der Waals surface area contributed by atoms with E-state index in [0.717, 1.165) is 6.54 Å². The smallest absolute Gasteiger partial charge is 0.0531 e. The molecule has 1 aromatic heterocycles. The minimum atomic E-state index is 0.350. The van der Waals surface area contributed by atoms with Gasteiger partial charge >= 0.3 is 0 Å². The summed E-state index contributed by atoms with van der Waals surface area (Å²) in [6, 6.07) is 19.7. The predicted molar refractivity (Wildman–Crippen MR) is 85.0 cm³/mol. The molecular formula is C18H20N2. The number of hydrogen-bond acceptors (Lipinski definition) is 1. The van der Waals surface area contributed by atoms with E-state index in [1.165, 1.54) is 22.0 Å². The quantitative estimate of drug-likeness (QED) is 0.754. The first-order valence-electron chi connectivity index (χ1n) is 7.08. The van der Waals surface area contributed by atoms with E-state index >= 15 is 0 Å². The Morgan fingerprint density at radius 1 is 1.00 bits per heavy atom. The highest BCUT2D eigenvalue weighted by atomic mass is 15.0. The summed E-state index contributed by atoms with van der Waals surface area (Å²) in [6.45, 7) is 3.12. The van der Waals surface area contributed by atoms with Crippen LogP contribution in [0.25, 0.3) is 10.9 Å². The molecule has 3 aromatic rings. The Bertz CT molecular complexity index is 698. The zero-order valence-corrected chi connectivity index (χ0v) is 12.0. The maximum Gasteiger partial charge on any atom is 0.0531 e. The van der Waals surface area contributed by atoms with Crippen LogP contribution in [0.15, 0.2) is 60.8 Å². The van der Waals surface area contributed by atoms with E-state index in [1.54, 1.807) is 0 Å². The highest BCUT2D eigenvalue weighted by Crippen LogP contribution is 2.25. The normalized spacial score (nSPS) is 12.7. The molecule has 1 N–H and O–H groups in total. The van der Waals surface area contributed by atoms with Gasteiger partial charge in [0.1, 0.15) is 0 Å². The van der Waals surface area contributed by atoms with E-state index in [9.17, 15) is 0 Å². The lowest BCUT2D eigenvalue weighted by Crippen LogP contribution is -2.13. The van der Waals surface area contributed by atoms with Crippen LogP contribution in [-0.2, 0) is 6.54 Å². The largest absolute Gasteiger partial charge is 0.343 e. The van der Waals surface area contributed by atoms with Crippen LogP contribution in [0.1, 0.15) is 24.1 Å². The fourth-order valence-electron chi connectivity index (χ4n) is 2.71. The van der Waals surface area contributed by atoms with E-state index in [4.69, 9.17) is 0 Å². The second-order valence-corrected chi connectivity index (χ2v) is 5.22. The molecule has 0 radical (unpaired) electrons. The molecule has 0 aliphatic carbocycles. The van der Waals surface area contributed by atoms with Crippen molar-refractivity contribution in [3.8, 4) is 0 Å². The SMILES string of the molecule is CNC(C)c1cccc2ccn(Cc3ccccc3)c12. The molecule has 3 rings (SSSR count). The van der Waals surface area contributed by atoms with Crippen molar-refractivity contribution < 1.29 is 0 Å². The standard InChI is InChI=1S/C18H20N2/c1-14(19-2)17-10-6-9-16-11-12-20(18(16)17)13-15-7-4-3-5-8-15/h3-12,14,19H,13H2,1-2H3. The maximum atomic E-state index is 3.34. The van der Waals surface area contributed by atoms with Crippen molar-refractivity contribution in [1.82, 2.24) is 9.88 Å². The Hall–Kier alpha value is -2.06. The number of nitrogens with one attached hydrogen (secondary N) is 1. The van der Waals surface area contributed by atoms with Crippen LogP contribution >= 0.6 is 0 Å². The van der Waals surface area contributed by atoms with Crippen molar-refractivity contribution >= 4 is 10.9 Å². The van der Waals surface area contributed by atoms with Crippen molar-refractivity contribution in [2.24, 2.45) is 0 Å². The molecule has 1 unspecified atom stereocenters. The first kappa shape index (κ1) is 12.9. The molecule has 0 spiro atoms. The molecule has 2 aromatic carbocycles. The molecule has 2 nitrogen and oxygen atoms in total. The lowest BCUT2D eigenvalue weighted by Gasteiger charge is -2.15. The van der Waals surface area contributed by atoms with Crippen molar-refractivity contribution in [2.75, 3.05) is 7.05 Å². The monoisotopic (exact) mass is 264 g/mol. The molecule has 0 fully saturated rings. The van der Waals surface area contributed by atoms with Gasteiger partial charge in [-0.3, -0.25) is 0 Å². The first-order chi connectivity index (χ1) is 9.79. The van der Waals surface area contributed by atoms with Crippen LogP contribution in [0.2, 0.25) is 0 Å². The van der Waals surface area contributed by atoms with Gasteiger partial charge in [0.05, 0.1) is 5.52 Å². The molecule has 1 heterocycles. The predicted octanol–water partition coefficient (Wildman–Crippen LogP) is 3.97. The van der Waals surface area contributed by atoms with Gasteiger partial charge in [0.25, 0.3) is 0 Å². The van der Waals surface area contributed by atoms with Crippen LogP contribution in [0.4, 0.5) is 0 Å². The number of rotatable bonds is 4. The molecule has 0 bridgehead atoms. The Morgan fingerprint density at radius 3 is 2.55 bits per heavy atom. The second-order valence-electron chi connectivity index (χ2n) is 5.22. The maximum absolute atomic E-state index is 3.34. The van der Waals surface area contributed by atoms with Crippen LogP contribution in [0, 0.1) is 0 Å². The lowest BCUT2D eigenvalue weighted by molar-refractivity contribution is 0.652. The van der Waals surface area contributed by atoms with Crippen LogP contribution in [0.5, 0.6) is 0 Å². The summed E-state index contributed by atoms with van der Waals surface area (Å²) in [5.41, 5.74) is 4.01. The number of nitrogens with zero attached hydrogens (tertiary/aromatic N) is 1. The lowest BCUT2D eigenvalue weighted by atomic mass is 10.1. The van der Waals surface area contributed by atoms with Crippen molar-refractivity contribution in [1.29, 1.82) is 0 Å². The highest BCUT2D eigenvalue weighted by molar-refractivity contribution is 5.84. The fourth-order valence-corrected chi connectivity index (χ4v) is 2.71. The van der Waals surface area contributed by atoms with Gasteiger partial charge in [-0.15, -0.1) is 0 Å². The van der Waals surface area contributed by atoms with Crippen LogP contribution < -0.4 is 5.32 Å². The zero-order chi connectivity index (χ0) is 13.9. The number of hydrogen-bond donors (Lipinski definition) is 1. The van der Waals surface area contributed by atoms with Crippen LogP contribution in [-0.4, -0.2) is 11.6 Å². The van der Waals surface area contributed by atoms with Crippen molar-refractivity contribution in [3.63, 3.8) is 0 Å². The summed E-state index contributed by atoms with van der Waals surface area (Å²) in [5, 5.41) is 4.65. The van der Waals surface area contributed by atoms with E-state index in [0.29, 0.717) is 6.04 Å². The van der Waals surface area contributed by atoms with Crippen molar-refractivity contribution in [2.45, 2.75) is 19.5 Å². The molecule has 1 atom stereocenters. The molecule has 20 heavy (non-hydrogen) atoms. The number of benzene rings is 2. The van der Waals surface area contributed by atoms with E-state index < -0.39 is 0 Å². The van der Waals surface area contributed by atoms with Gasteiger partial charge in [-0.25, -0.2) is 0 Å². The summed E-state index contributed by atoms with van der Waals surface area (Å²) in [6.07, 6.45) is 2.18. The average molecular weight is 264 g/mol. The number of fused-ring (bicyclic) bond motifs is 1. The molecule has 102 valence electrons. The van der Waals surface area contributed by atoms with Gasteiger partial charge in [-0.1, -0.05) is 48.5 Å².